The molecular formula is C22H24N4O3S. The molecule has 1 saturated heterocycles. The zero-order valence-electron chi connectivity index (χ0n) is 16.8. The molecule has 0 radical (unpaired) electrons. The average Bonchev–Trinajstić information content (AvgIpc) is 3.23. The van der Waals surface area contributed by atoms with Gasteiger partial charge in [0.05, 0.1) is 30.0 Å². The summed E-state index contributed by atoms with van der Waals surface area (Å²) < 4.78 is 12.1. The lowest BCUT2D eigenvalue weighted by Crippen LogP contribution is -2.43. The zero-order valence-corrected chi connectivity index (χ0v) is 17.6. The van der Waals surface area contributed by atoms with Crippen LogP contribution in [0.5, 0.6) is 11.5 Å². The highest BCUT2D eigenvalue weighted by Gasteiger charge is 2.24. The summed E-state index contributed by atoms with van der Waals surface area (Å²) in [6.45, 7) is 4.44. The number of nitrogens with zero attached hydrogens (tertiary/aromatic N) is 2. The van der Waals surface area contributed by atoms with E-state index in [0.717, 1.165) is 65.0 Å². The molecule has 2 aliphatic heterocycles. The van der Waals surface area contributed by atoms with Gasteiger partial charge in [-0.2, -0.15) is 0 Å². The summed E-state index contributed by atoms with van der Waals surface area (Å²) in [5.41, 5.74) is 2.54. The van der Waals surface area contributed by atoms with Crippen LogP contribution in [0.2, 0.25) is 0 Å². The average molecular weight is 425 g/mol. The number of piperazine rings is 1. The largest absolute Gasteiger partial charge is 0.497 e. The standard InChI is InChI=1S/C22H24N4O3S/c1-28-15-3-5-19-16(13-15)17(6-11-29-19)24-21(27)14-2-4-18-20(12-14)30-22(25-18)26-9-7-23-8-10-26/h2-5,12-13,17,23H,6-11H2,1H3,(H,24,27). The molecule has 2 aliphatic rings. The van der Waals surface area contributed by atoms with Crippen molar-refractivity contribution < 1.29 is 14.3 Å². The van der Waals surface area contributed by atoms with Gasteiger partial charge in [-0.3, -0.25) is 4.79 Å². The number of anilines is 1. The van der Waals surface area contributed by atoms with Crippen LogP contribution in [0.1, 0.15) is 28.4 Å². The van der Waals surface area contributed by atoms with E-state index in [2.05, 4.69) is 15.5 Å². The number of ether oxygens (including phenoxy) is 2. The van der Waals surface area contributed by atoms with Crippen molar-refractivity contribution in [3.8, 4) is 11.5 Å². The Hall–Kier alpha value is -2.84. The molecule has 1 aromatic heterocycles. The molecule has 1 fully saturated rings. The SMILES string of the molecule is COc1ccc2c(c1)C(NC(=O)c1ccc3nc(N4CCNCC4)sc3c1)CCO2. The molecule has 2 aromatic carbocycles. The van der Waals surface area contributed by atoms with Gasteiger partial charge < -0.3 is 25.0 Å². The number of carbonyl (C=O) groups is 1. The highest BCUT2D eigenvalue weighted by atomic mass is 32.1. The molecule has 8 heteroatoms. The van der Waals surface area contributed by atoms with Gasteiger partial charge >= 0.3 is 0 Å². The predicted molar refractivity (Wildman–Crippen MR) is 118 cm³/mol. The molecule has 156 valence electrons. The van der Waals surface area contributed by atoms with Crippen molar-refractivity contribution in [2.24, 2.45) is 0 Å². The molecule has 0 bridgehead atoms. The third-order valence-corrected chi connectivity index (χ3v) is 6.67. The number of thiazole rings is 1. The maximum Gasteiger partial charge on any atom is 0.251 e. The topological polar surface area (TPSA) is 75.7 Å². The Morgan fingerprint density at radius 3 is 2.97 bits per heavy atom. The van der Waals surface area contributed by atoms with Crippen LogP contribution in [-0.2, 0) is 0 Å². The predicted octanol–water partition coefficient (Wildman–Crippen LogP) is 2.97. The van der Waals surface area contributed by atoms with Crippen molar-refractivity contribution in [1.29, 1.82) is 0 Å². The van der Waals surface area contributed by atoms with Gasteiger partial charge in [0.1, 0.15) is 11.5 Å². The van der Waals surface area contributed by atoms with Gasteiger partial charge in [-0.15, -0.1) is 0 Å². The summed E-state index contributed by atoms with van der Waals surface area (Å²) >= 11 is 1.65. The first-order chi connectivity index (χ1) is 14.7. The molecular weight excluding hydrogens is 400 g/mol. The molecule has 0 spiro atoms. The molecule has 0 aliphatic carbocycles. The molecule has 3 heterocycles. The van der Waals surface area contributed by atoms with Gasteiger partial charge in [-0.1, -0.05) is 11.3 Å². The number of benzene rings is 2. The van der Waals surface area contributed by atoms with Crippen LogP contribution in [0, 0.1) is 0 Å². The van der Waals surface area contributed by atoms with Crippen LogP contribution in [0.3, 0.4) is 0 Å². The van der Waals surface area contributed by atoms with E-state index in [1.165, 1.54) is 0 Å². The summed E-state index contributed by atoms with van der Waals surface area (Å²) in [5, 5.41) is 7.55. The maximum absolute atomic E-state index is 13.0. The Morgan fingerprint density at radius 1 is 1.27 bits per heavy atom. The van der Waals surface area contributed by atoms with Crippen LogP contribution in [0.25, 0.3) is 10.2 Å². The first-order valence-corrected chi connectivity index (χ1v) is 11.0. The summed E-state index contributed by atoms with van der Waals surface area (Å²) in [4.78, 5) is 20.1. The van der Waals surface area contributed by atoms with Crippen LogP contribution in [-0.4, -0.2) is 50.8 Å². The minimum atomic E-state index is -0.107. The molecule has 2 N–H and O–H groups in total. The Bertz CT molecular complexity index is 1080. The van der Waals surface area contributed by atoms with Gasteiger partial charge in [0.15, 0.2) is 5.13 Å². The lowest BCUT2D eigenvalue weighted by molar-refractivity contribution is 0.0925. The minimum Gasteiger partial charge on any atom is -0.497 e. The van der Waals surface area contributed by atoms with Gasteiger partial charge in [0.25, 0.3) is 5.91 Å². The highest BCUT2D eigenvalue weighted by molar-refractivity contribution is 7.22. The van der Waals surface area contributed by atoms with E-state index in [4.69, 9.17) is 14.5 Å². The van der Waals surface area contributed by atoms with E-state index in [0.29, 0.717) is 12.2 Å². The van der Waals surface area contributed by atoms with Gasteiger partial charge in [0, 0.05) is 43.7 Å². The molecule has 0 saturated carbocycles. The molecule has 1 amide bonds. The first-order valence-electron chi connectivity index (χ1n) is 10.2. The molecule has 7 nitrogen and oxygen atoms in total. The third kappa shape index (κ3) is 3.68. The number of fused-ring (bicyclic) bond motifs is 2. The van der Waals surface area contributed by atoms with Gasteiger partial charge in [-0.05, 0) is 36.4 Å². The normalized spacial score (nSPS) is 18.6. The van der Waals surface area contributed by atoms with Crippen molar-refractivity contribution in [2.75, 3.05) is 44.8 Å². The number of nitrogens with one attached hydrogen (secondary N) is 2. The van der Waals surface area contributed by atoms with Crippen LogP contribution in [0.4, 0.5) is 5.13 Å². The Balaban J connectivity index is 1.36. The van der Waals surface area contributed by atoms with Crippen molar-refractivity contribution in [3.05, 3.63) is 47.5 Å². The smallest absolute Gasteiger partial charge is 0.251 e. The third-order valence-electron chi connectivity index (χ3n) is 5.59. The second kappa shape index (κ2) is 8.12. The van der Waals surface area contributed by atoms with Crippen molar-refractivity contribution in [2.45, 2.75) is 12.5 Å². The van der Waals surface area contributed by atoms with E-state index in [1.54, 1.807) is 18.4 Å². The first kappa shape index (κ1) is 19.1. The fraction of sp³-hybridized carbons (Fsp3) is 0.364. The van der Waals surface area contributed by atoms with Crippen LogP contribution in [0.15, 0.2) is 36.4 Å². The number of rotatable bonds is 4. The Labute approximate surface area is 179 Å². The molecule has 30 heavy (non-hydrogen) atoms. The summed E-state index contributed by atoms with van der Waals surface area (Å²) in [6, 6.07) is 11.3. The summed E-state index contributed by atoms with van der Waals surface area (Å²) in [7, 11) is 1.64. The van der Waals surface area contributed by atoms with E-state index >= 15 is 0 Å². The van der Waals surface area contributed by atoms with Crippen molar-refractivity contribution in [1.82, 2.24) is 15.6 Å². The number of hydrogen-bond donors (Lipinski definition) is 2. The fourth-order valence-electron chi connectivity index (χ4n) is 3.94. The monoisotopic (exact) mass is 424 g/mol. The molecule has 1 unspecified atom stereocenters. The lowest BCUT2D eigenvalue weighted by atomic mass is 9.99. The maximum atomic E-state index is 13.0. The second-order valence-corrected chi connectivity index (χ2v) is 8.49. The molecule has 5 rings (SSSR count). The van der Waals surface area contributed by atoms with Crippen LogP contribution < -0.4 is 25.0 Å². The molecule has 3 aromatic rings. The highest BCUT2D eigenvalue weighted by Crippen LogP contribution is 2.35. The zero-order chi connectivity index (χ0) is 20.5. The van der Waals surface area contributed by atoms with Gasteiger partial charge in [0.2, 0.25) is 0 Å². The number of methoxy groups -OCH3 is 1. The van der Waals surface area contributed by atoms with Gasteiger partial charge in [-0.25, -0.2) is 4.98 Å². The van der Waals surface area contributed by atoms with Crippen LogP contribution >= 0.6 is 11.3 Å². The number of amides is 1. The summed E-state index contributed by atoms with van der Waals surface area (Å²) in [5.74, 6) is 1.46. The number of carbonyl (C=O) groups excluding carboxylic acids is 1. The Kier molecular flexibility index (Phi) is 5.18. The van der Waals surface area contributed by atoms with Crippen molar-refractivity contribution >= 4 is 32.6 Å². The van der Waals surface area contributed by atoms with E-state index in [9.17, 15) is 4.79 Å². The second-order valence-electron chi connectivity index (χ2n) is 7.48. The lowest BCUT2D eigenvalue weighted by Gasteiger charge is -2.27. The quantitative estimate of drug-likeness (QED) is 0.671. The Morgan fingerprint density at radius 2 is 2.13 bits per heavy atom. The summed E-state index contributed by atoms with van der Waals surface area (Å²) in [6.07, 6.45) is 0.724. The molecule has 1 atom stereocenters. The number of hydrogen-bond acceptors (Lipinski definition) is 7. The number of aromatic nitrogens is 1. The van der Waals surface area contributed by atoms with E-state index in [-0.39, 0.29) is 11.9 Å². The van der Waals surface area contributed by atoms with Crippen molar-refractivity contribution in [3.63, 3.8) is 0 Å². The van der Waals surface area contributed by atoms with E-state index < -0.39 is 0 Å². The van der Waals surface area contributed by atoms with E-state index in [1.807, 2.05) is 36.4 Å². The minimum absolute atomic E-state index is 0.0882. The fourth-order valence-corrected chi connectivity index (χ4v) is 4.99.